The molecule has 1 nitrogen and oxygen atoms in total. The summed E-state index contributed by atoms with van der Waals surface area (Å²) >= 11 is 1.70. The summed E-state index contributed by atoms with van der Waals surface area (Å²) in [5.41, 5.74) is 0. The smallest absolute Gasteiger partial charge is 0.0330 e. The van der Waals surface area contributed by atoms with Gasteiger partial charge in [-0.25, -0.2) is 0 Å². The Morgan fingerprint density at radius 3 is 3.00 bits per heavy atom. The average molecular weight is 100 g/mol. The van der Waals surface area contributed by atoms with Crippen LogP contribution in [-0.4, -0.2) is 12.3 Å². The fourth-order valence-electron chi connectivity index (χ4n) is 0.324. The molecule has 1 radical (unpaired) electrons. The van der Waals surface area contributed by atoms with Gasteiger partial charge in [-0.3, -0.25) is 4.72 Å². The highest BCUT2D eigenvalue weighted by Crippen LogP contribution is 1.95. The van der Waals surface area contributed by atoms with Crippen LogP contribution in [-0.2, 0) is 0 Å². The van der Waals surface area contributed by atoms with E-state index in [1.807, 2.05) is 6.08 Å². The molecule has 0 spiro atoms. The second kappa shape index (κ2) is 2.26. The van der Waals surface area contributed by atoms with Gasteiger partial charge in [-0.2, -0.15) is 0 Å². The lowest BCUT2D eigenvalue weighted by atomic mass is 10.5. The molecule has 1 rings (SSSR count). The molecule has 0 atom stereocenters. The highest BCUT2D eigenvalue weighted by Gasteiger charge is 1.85. The van der Waals surface area contributed by atoms with Gasteiger partial charge in [0.1, 0.15) is 0 Å². The van der Waals surface area contributed by atoms with E-state index in [1.165, 1.54) is 0 Å². The molecule has 0 aliphatic carbocycles. The van der Waals surface area contributed by atoms with Gasteiger partial charge in [0, 0.05) is 12.3 Å². The van der Waals surface area contributed by atoms with Crippen LogP contribution >= 0.6 is 11.9 Å². The molecule has 6 heavy (non-hydrogen) atoms. The third-order valence-electron chi connectivity index (χ3n) is 0.587. The molecular formula is C4H6NS. The highest BCUT2D eigenvalue weighted by molar-refractivity contribution is 7.97. The molecule has 1 heterocycles. The molecule has 1 aliphatic rings. The summed E-state index contributed by atoms with van der Waals surface area (Å²) in [5.74, 6) is 1.00. The number of rotatable bonds is 0. The molecule has 0 saturated heterocycles. The molecule has 0 amide bonds. The quantitative estimate of drug-likeness (QED) is 0.447. The summed E-state index contributed by atoms with van der Waals surface area (Å²) in [7, 11) is 0. The van der Waals surface area contributed by atoms with Crippen LogP contribution in [0.5, 0.6) is 0 Å². The van der Waals surface area contributed by atoms with Crippen LogP contribution in [0.2, 0.25) is 0 Å². The van der Waals surface area contributed by atoms with Crippen molar-refractivity contribution < 1.29 is 0 Å². The Morgan fingerprint density at radius 2 is 2.83 bits per heavy atom. The van der Waals surface area contributed by atoms with Crippen LogP contribution in [0, 0.1) is 6.08 Å². The van der Waals surface area contributed by atoms with Gasteiger partial charge in [0.25, 0.3) is 0 Å². The topological polar surface area (TPSA) is 12.0 Å². The Kier molecular flexibility index (Phi) is 1.59. The zero-order valence-electron chi connectivity index (χ0n) is 3.40. The molecule has 1 N–H and O–H groups in total. The van der Waals surface area contributed by atoms with Gasteiger partial charge in [-0.1, -0.05) is 18.0 Å². The summed E-state index contributed by atoms with van der Waals surface area (Å²) in [6.45, 7) is 0.977. The van der Waals surface area contributed by atoms with E-state index < -0.39 is 0 Å². The minimum atomic E-state index is 0.977. The highest BCUT2D eigenvalue weighted by atomic mass is 32.2. The van der Waals surface area contributed by atoms with Crippen LogP contribution in [0.1, 0.15) is 0 Å². The van der Waals surface area contributed by atoms with Gasteiger partial charge >= 0.3 is 0 Å². The molecule has 0 aromatic rings. The van der Waals surface area contributed by atoms with E-state index in [1.54, 1.807) is 11.9 Å². The van der Waals surface area contributed by atoms with Gasteiger partial charge in [0.2, 0.25) is 0 Å². The first-order valence-corrected chi connectivity index (χ1v) is 2.88. The summed E-state index contributed by atoms with van der Waals surface area (Å²) in [4.78, 5) is 0. The monoisotopic (exact) mass is 100 g/mol. The van der Waals surface area contributed by atoms with Crippen molar-refractivity contribution in [1.82, 2.24) is 4.72 Å². The van der Waals surface area contributed by atoms with E-state index in [-0.39, 0.29) is 0 Å². The molecule has 0 aromatic heterocycles. The van der Waals surface area contributed by atoms with Crippen molar-refractivity contribution in [2.45, 2.75) is 0 Å². The molecule has 0 bridgehead atoms. The minimum absolute atomic E-state index is 0.977. The third-order valence-corrected chi connectivity index (χ3v) is 1.27. The molecule has 0 unspecified atom stereocenters. The maximum atomic E-state index is 3.08. The fraction of sp³-hybridized carbons (Fsp3) is 0.500. The molecule has 2 heteroatoms. The fourth-order valence-corrected chi connectivity index (χ4v) is 0.829. The van der Waals surface area contributed by atoms with E-state index in [0.29, 0.717) is 0 Å². The largest absolute Gasteiger partial charge is 0.260 e. The maximum absolute atomic E-state index is 3.08. The Bertz CT molecular complexity index is 52.6. The number of hydrogen-bond acceptors (Lipinski definition) is 2. The van der Waals surface area contributed by atoms with E-state index in [2.05, 4.69) is 10.8 Å². The Labute approximate surface area is 41.9 Å². The van der Waals surface area contributed by atoms with E-state index in [4.69, 9.17) is 0 Å². The van der Waals surface area contributed by atoms with Crippen molar-refractivity contribution >= 4 is 11.9 Å². The normalized spacial score (nSPS) is 21.3. The lowest BCUT2D eigenvalue weighted by Gasteiger charge is -1.99. The van der Waals surface area contributed by atoms with Crippen molar-refractivity contribution in [1.29, 1.82) is 0 Å². The Hall–Kier alpha value is 0.0500. The minimum Gasteiger partial charge on any atom is -0.260 e. The first-order valence-electron chi connectivity index (χ1n) is 1.90. The van der Waals surface area contributed by atoms with Crippen LogP contribution in [0.25, 0.3) is 0 Å². The van der Waals surface area contributed by atoms with Gasteiger partial charge in [0.05, 0.1) is 0 Å². The van der Waals surface area contributed by atoms with E-state index >= 15 is 0 Å². The molecule has 1 aliphatic heterocycles. The van der Waals surface area contributed by atoms with Crippen molar-refractivity contribution in [2.75, 3.05) is 12.3 Å². The predicted octanol–water partition coefficient (Wildman–Crippen LogP) is 0.597. The van der Waals surface area contributed by atoms with Crippen LogP contribution < -0.4 is 4.72 Å². The average Bonchev–Trinajstić information content (AvgIpc) is 1.72. The second-order valence-corrected chi connectivity index (χ2v) is 1.91. The number of nitrogens with one attached hydrogen (secondary N) is 1. The van der Waals surface area contributed by atoms with Gasteiger partial charge in [-0.05, 0) is 6.08 Å². The molecule has 0 aromatic carbocycles. The zero-order valence-corrected chi connectivity index (χ0v) is 4.22. The zero-order chi connectivity index (χ0) is 4.24. The summed E-state index contributed by atoms with van der Waals surface area (Å²) < 4.78 is 3.08. The standard InChI is InChI=1S/C4H6NS/c1-2-4-6-5-3-1/h1,5H,3-4H2. The molecular weight excluding hydrogens is 94.1 g/mol. The van der Waals surface area contributed by atoms with Crippen LogP contribution in [0.15, 0.2) is 6.08 Å². The third kappa shape index (κ3) is 1.03. The first kappa shape index (κ1) is 4.22. The van der Waals surface area contributed by atoms with Crippen molar-refractivity contribution in [2.24, 2.45) is 0 Å². The maximum Gasteiger partial charge on any atom is 0.0330 e. The van der Waals surface area contributed by atoms with Crippen molar-refractivity contribution in [3.8, 4) is 0 Å². The molecule has 0 fully saturated rings. The van der Waals surface area contributed by atoms with Crippen molar-refractivity contribution in [3.63, 3.8) is 0 Å². The van der Waals surface area contributed by atoms with Gasteiger partial charge in [0.15, 0.2) is 0 Å². The summed E-state index contributed by atoms with van der Waals surface area (Å²) in [6.07, 6.45) is 5.07. The second-order valence-electron chi connectivity index (χ2n) is 1.05. The summed E-state index contributed by atoms with van der Waals surface area (Å²) in [5, 5.41) is 0. The van der Waals surface area contributed by atoms with E-state index in [0.717, 1.165) is 12.3 Å². The number of hydrogen-bond donors (Lipinski definition) is 1. The van der Waals surface area contributed by atoms with Crippen LogP contribution in [0.4, 0.5) is 0 Å². The van der Waals surface area contributed by atoms with Gasteiger partial charge < -0.3 is 0 Å². The Morgan fingerprint density at radius 1 is 1.83 bits per heavy atom. The molecule has 33 valence electrons. The summed E-state index contributed by atoms with van der Waals surface area (Å²) in [6, 6.07) is 0. The molecule has 0 saturated carbocycles. The van der Waals surface area contributed by atoms with Gasteiger partial charge in [-0.15, -0.1) is 0 Å². The Balaban J connectivity index is 2.26. The van der Waals surface area contributed by atoms with E-state index in [9.17, 15) is 0 Å². The first-order chi connectivity index (χ1) is 3.00. The predicted molar refractivity (Wildman–Crippen MR) is 28.3 cm³/mol. The van der Waals surface area contributed by atoms with Crippen LogP contribution in [0.3, 0.4) is 0 Å². The van der Waals surface area contributed by atoms with Crippen molar-refractivity contribution in [3.05, 3.63) is 12.2 Å². The SMILES string of the molecule is [C]1=CCNSC1. The lowest BCUT2D eigenvalue weighted by Crippen LogP contribution is -2.06. The lowest BCUT2D eigenvalue weighted by molar-refractivity contribution is 1.10.